The molecule has 6 heteroatoms. The summed E-state index contributed by atoms with van der Waals surface area (Å²) >= 11 is 3.24. The number of halogens is 1. The Morgan fingerprint density at radius 2 is 1.90 bits per heavy atom. The smallest absolute Gasteiger partial charge is 0.312 e. The first-order valence-corrected chi connectivity index (χ1v) is 6.90. The highest BCUT2D eigenvalue weighted by Crippen LogP contribution is 2.38. The lowest BCUT2D eigenvalue weighted by molar-refractivity contribution is -0.385. The first-order valence-electron chi connectivity index (χ1n) is 6.10. The van der Waals surface area contributed by atoms with Gasteiger partial charge in [-0.2, -0.15) is 0 Å². The molecule has 2 aromatic carbocycles. The van der Waals surface area contributed by atoms with Gasteiger partial charge in [-0.15, -0.1) is 0 Å². The van der Waals surface area contributed by atoms with Gasteiger partial charge in [0.15, 0.2) is 0 Å². The summed E-state index contributed by atoms with van der Waals surface area (Å²) in [4.78, 5) is 21.4. The summed E-state index contributed by atoms with van der Waals surface area (Å²) < 4.78 is 6.33. The zero-order valence-electron chi connectivity index (χ0n) is 11.4. The normalized spacial score (nSPS) is 10.2. The fourth-order valence-electron chi connectivity index (χ4n) is 1.95. The molecule has 0 aliphatic heterocycles. The molecule has 0 bridgehead atoms. The van der Waals surface area contributed by atoms with Gasteiger partial charge in [-0.05, 0) is 49.2 Å². The number of nitrogens with zero attached hydrogens (tertiary/aromatic N) is 1. The Hall–Kier alpha value is -2.21. The summed E-state index contributed by atoms with van der Waals surface area (Å²) in [5, 5.41) is 11.2. The summed E-state index contributed by atoms with van der Waals surface area (Å²) in [7, 11) is 0. The second-order valence-electron chi connectivity index (χ2n) is 4.57. The topological polar surface area (TPSA) is 69.4 Å². The number of aldehydes is 1. The molecule has 108 valence electrons. The lowest BCUT2D eigenvalue weighted by Gasteiger charge is -2.12. The lowest BCUT2D eigenvalue weighted by Crippen LogP contribution is -1.97. The first kappa shape index (κ1) is 15.2. The average molecular weight is 350 g/mol. The number of aryl methyl sites for hydroxylation is 2. The van der Waals surface area contributed by atoms with E-state index in [0.29, 0.717) is 21.3 Å². The van der Waals surface area contributed by atoms with Crippen LogP contribution in [0.2, 0.25) is 0 Å². The maximum Gasteiger partial charge on any atom is 0.312 e. The van der Waals surface area contributed by atoms with Crippen molar-refractivity contribution in [2.45, 2.75) is 13.8 Å². The van der Waals surface area contributed by atoms with Gasteiger partial charge in [-0.25, -0.2) is 0 Å². The lowest BCUT2D eigenvalue weighted by atomic mass is 10.1. The van der Waals surface area contributed by atoms with Gasteiger partial charge in [-0.3, -0.25) is 14.9 Å². The number of nitro benzene ring substituents is 1. The van der Waals surface area contributed by atoms with Crippen LogP contribution in [0.4, 0.5) is 5.69 Å². The SMILES string of the molecule is Cc1cc(C=O)ccc1Oc1c(C)cc(Br)cc1[N+](=O)[O-]. The standard InChI is InChI=1S/C15H12BrNO4/c1-9-5-11(8-18)3-4-14(9)21-15-10(2)6-12(16)7-13(15)17(19)20/h3-8H,1-2H3. The van der Waals surface area contributed by atoms with E-state index in [1.807, 2.05) is 0 Å². The van der Waals surface area contributed by atoms with Crippen molar-refractivity contribution in [1.82, 2.24) is 0 Å². The molecule has 0 aliphatic carbocycles. The molecule has 0 N–H and O–H groups in total. The van der Waals surface area contributed by atoms with E-state index in [-0.39, 0.29) is 11.4 Å². The summed E-state index contributed by atoms with van der Waals surface area (Å²) in [6, 6.07) is 8.05. The summed E-state index contributed by atoms with van der Waals surface area (Å²) in [5.41, 5.74) is 1.80. The van der Waals surface area contributed by atoms with E-state index >= 15 is 0 Å². The highest BCUT2D eigenvalue weighted by atomic mass is 79.9. The molecule has 0 fully saturated rings. The second kappa shape index (κ2) is 6.05. The van der Waals surface area contributed by atoms with Crippen molar-refractivity contribution < 1.29 is 14.5 Å². The molecule has 21 heavy (non-hydrogen) atoms. The number of nitro groups is 1. The quantitative estimate of drug-likeness (QED) is 0.460. The molecule has 0 saturated carbocycles. The van der Waals surface area contributed by atoms with Crippen LogP contribution >= 0.6 is 15.9 Å². The van der Waals surface area contributed by atoms with Crippen molar-refractivity contribution in [3.05, 3.63) is 61.6 Å². The van der Waals surface area contributed by atoms with Gasteiger partial charge < -0.3 is 4.74 Å². The molecular formula is C15H12BrNO4. The van der Waals surface area contributed by atoms with Crippen LogP contribution in [0.15, 0.2) is 34.8 Å². The Labute approximate surface area is 129 Å². The Kier molecular flexibility index (Phi) is 4.37. The van der Waals surface area contributed by atoms with Gasteiger partial charge >= 0.3 is 5.69 Å². The molecule has 0 heterocycles. The minimum atomic E-state index is -0.484. The molecule has 0 amide bonds. The Bertz CT molecular complexity index is 728. The van der Waals surface area contributed by atoms with Crippen molar-refractivity contribution in [3.8, 4) is 11.5 Å². The van der Waals surface area contributed by atoms with Gasteiger partial charge in [0.25, 0.3) is 0 Å². The number of hydrogen-bond donors (Lipinski definition) is 0. The van der Waals surface area contributed by atoms with Gasteiger partial charge in [0, 0.05) is 16.1 Å². The van der Waals surface area contributed by atoms with Crippen LogP contribution < -0.4 is 4.74 Å². The number of ether oxygens (including phenoxy) is 1. The van der Waals surface area contributed by atoms with Crippen LogP contribution in [-0.4, -0.2) is 11.2 Å². The molecule has 0 saturated heterocycles. The van der Waals surface area contributed by atoms with Crippen LogP contribution in [0.25, 0.3) is 0 Å². The number of carbonyl (C=O) groups is 1. The van der Waals surface area contributed by atoms with Crippen molar-refractivity contribution in [3.63, 3.8) is 0 Å². The maximum absolute atomic E-state index is 11.2. The Balaban J connectivity index is 2.49. The molecule has 0 spiro atoms. The van der Waals surface area contributed by atoms with Crippen molar-refractivity contribution >= 4 is 27.9 Å². The van der Waals surface area contributed by atoms with E-state index in [1.54, 1.807) is 38.1 Å². The molecule has 0 radical (unpaired) electrons. The summed E-state index contributed by atoms with van der Waals surface area (Å²) in [6.45, 7) is 3.52. The third-order valence-electron chi connectivity index (χ3n) is 2.96. The predicted octanol–water partition coefficient (Wildman–Crippen LogP) is 4.58. The predicted molar refractivity (Wildman–Crippen MR) is 82.2 cm³/mol. The highest BCUT2D eigenvalue weighted by Gasteiger charge is 2.20. The van der Waals surface area contributed by atoms with Crippen molar-refractivity contribution in [2.75, 3.05) is 0 Å². The van der Waals surface area contributed by atoms with E-state index in [9.17, 15) is 14.9 Å². The molecule has 0 aromatic heterocycles. The van der Waals surface area contributed by atoms with Crippen molar-refractivity contribution in [2.24, 2.45) is 0 Å². The minimum absolute atomic E-state index is 0.110. The van der Waals surface area contributed by atoms with E-state index in [4.69, 9.17) is 4.74 Å². The van der Waals surface area contributed by atoms with E-state index in [0.717, 1.165) is 11.8 Å². The number of rotatable bonds is 4. The summed E-state index contributed by atoms with van der Waals surface area (Å²) in [5.74, 6) is 0.680. The number of hydrogen-bond acceptors (Lipinski definition) is 4. The Morgan fingerprint density at radius 1 is 1.19 bits per heavy atom. The van der Waals surface area contributed by atoms with E-state index in [1.165, 1.54) is 6.07 Å². The zero-order valence-corrected chi connectivity index (χ0v) is 13.0. The maximum atomic E-state index is 11.2. The van der Waals surface area contributed by atoms with Crippen LogP contribution in [0.3, 0.4) is 0 Å². The average Bonchev–Trinajstić information content (AvgIpc) is 2.42. The third-order valence-corrected chi connectivity index (χ3v) is 3.42. The molecule has 2 aromatic rings. The molecule has 2 rings (SSSR count). The number of carbonyl (C=O) groups excluding carboxylic acids is 1. The van der Waals surface area contributed by atoms with Gasteiger partial charge in [-0.1, -0.05) is 15.9 Å². The van der Waals surface area contributed by atoms with Crippen LogP contribution in [0, 0.1) is 24.0 Å². The summed E-state index contributed by atoms with van der Waals surface area (Å²) in [6.07, 6.45) is 0.740. The molecule has 0 atom stereocenters. The third kappa shape index (κ3) is 3.28. The Morgan fingerprint density at radius 3 is 2.48 bits per heavy atom. The molecule has 0 aliphatic rings. The van der Waals surface area contributed by atoms with Crippen LogP contribution in [0.5, 0.6) is 11.5 Å². The number of benzene rings is 2. The molecular weight excluding hydrogens is 338 g/mol. The monoisotopic (exact) mass is 349 g/mol. The minimum Gasteiger partial charge on any atom is -0.450 e. The van der Waals surface area contributed by atoms with Gasteiger partial charge in [0.1, 0.15) is 12.0 Å². The fourth-order valence-corrected chi connectivity index (χ4v) is 2.51. The molecule has 5 nitrogen and oxygen atoms in total. The largest absolute Gasteiger partial charge is 0.450 e. The van der Waals surface area contributed by atoms with E-state index in [2.05, 4.69) is 15.9 Å². The van der Waals surface area contributed by atoms with Gasteiger partial charge in [0.2, 0.25) is 5.75 Å². The second-order valence-corrected chi connectivity index (χ2v) is 5.49. The van der Waals surface area contributed by atoms with Crippen LogP contribution in [0.1, 0.15) is 21.5 Å². The fraction of sp³-hybridized carbons (Fsp3) is 0.133. The first-order chi connectivity index (χ1) is 9.92. The highest BCUT2D eigenvalue weighted by molar-refractivity contribution is 9.10. The zero-order chi connectivity index (χ0) is 15.6. The molecule has 0 unspecified atom stereocenters. The van der Waals surface area contributed by atoms with Gasteiger partial charge in [0.05, 0.1) is 4.92 Å². The van der Waals surface area contributed by atoms with Crippen LogP contribution in [-0.2, 0) is 0 Å². The van der Waals surface area contributed by atoms with E-state index < -0.39 is 4.92 Å². The van der Waals surface area contributed by atoms with Crippen molar-refractivity contribution in [1.29, 1.82) is 0 Å².